The Hall–Kier alpha value is -5.18. The second-order valence-electron chi connectivity index (χ2n) is 12.0. The molecule has 0 saturated carbocycles. The molecule has 0 bridgehead atoms. The Morgan fingerprint density at radius 1 is 0.796 bits per heavy atom. The van der Waals surface area contributed by atoms with Crippen molar-refractivity contribution >= 4 is 62.3 Å². The van der Waals surface area contributed by atoms with Crippen molar-refractivity contribution in [1.82, 2.24) is 0 Å². The third kappa shape index (κ3) is 7.16. The van der Waals surface area contributed by atoms with Gasteiger partial charge in [0.1, 0.15) is 10.3 Å². The maximum absolute atomic E-state index is 14.2. The van der Waals surface area contributed by atoms with Crippen molar-refractivity contribution in [3.8, 4) is 0 Å². The minimum atomic E-state index is -0.630. The SMILES string of the molecule is COC(=O)c1c(NC(=O)C(Sc2cccc(NC(=O)c3ccc4ccccc4c3)c2)c2ccccc2)sc2c1CCC(c1ccccc1)C2. The molecule has 1 heterocycles. The van der Waals surface area contributed by atoms with Gasteiger partial charge in [-0.2, -0.15) is 0 Å². The van der Waals surface area contributed by atoms with Crippen LogP contribution in [-0.2, 0) is 22.4 Å². The number of carbonyl (C=O) groups is 3. The van der Waals surface area contributed by atoms with Crippen molar-refractivity contribution in [3.63, 3.8) is 0 Å². The highest BCUT2D eigenvalue weighted by atomic mass is 32.2. The van der Waals surface area contributed by atoms with Gasteiger partial charge in [0.25, 0.3) is 5.91 Å². The summed E-state index contributed by atoms with van der Waals surface area (Å²) >= 11 is 2.86. The highest BCUT2D eigenvalue weighted by Gasteiger charge is 2.32. The number of anilines is 2. The van der Waals surface area contributed by atoms with Gasteiger partial charge in [-0.05, 0) is 83.0 Å². The molecule has 6 aromatic rings. The number of rotatable bonds is 9. The zero-order valence-corrected chi connectivity index (χ0v) is 28.5. The molecule has 49 heavy (non-hydrogen) atoms. The lowest BCUT2D eigenvalue weighted by molar-refractivity contribution is -0.115. The summed E-state index contributed by atoms with van der Waals surface area (Å²) in [6.07, 6.45) is 2.46. The van der Waals surface area contributed by atoms with E-state index in [-0.39, 0.29) is 11.8 Å². The van der Waals surface area contributed by atoms with Crippen LogP contribution in [0.4, 0.5) is 10.7 Å². The molecule has 244 valence electrons. The van der Waals surface area contributed by atoms with Gasteiger partial charge in [0, 0.05) is 21.0 Å². The third-order valence-electron chi connectivity index (χ3n) is 8.86. The average Bonchev–Trinajstić information content (AvgIpc) is 3.51. The lowest BCUT2D eigenvalue weighted by atomic mass is 9.83. The second kappa shape index (κ2) is 14.5. The van der Waals surface area contributed by atoms with Crippen LogP contribution in [-0.4, -0.2) is 24.9 Å². The Morgan fingerprint density at radius 3 is 2.31 bits per heavy atom. The van der Waals surface area contributed by atoms with E-state index in [1.807, 2.05) is 103 Å². The molecule has 2 unspecified atom stereocenters. The average molecular weight is 683 g/mol. The van der Waals surface area contributed by atoms with Crippen LogP contribution < -0.4 is 10.6 Å². The van der Waals surface area contributed by atoms with Gasteiger partial charge in [0.05, 0.1) is 12.7 Å². The van der Waals surface area contributed by atoms with E-state index >= 15 is 0 Å². The molecule has 2 atom stereocenters. The van der Waals surface area contributed by atoms with Crippen LogP contribution in [0.2, 0.25) is 0 Å². The van der Waals surface area contributed by atoms with Crippen LogP contribution in [0.25, 0.3) is 10.8 Å². The number of amides is 2. The monoisotopic (exact) mass is 682 g/mol. The molecule has 0 spiro atoms. The molecule has 0 fully saturated rings. The van der Waals surface area contributed by atoms with Crippen molar-refractivity contribution in [1.29, 1.82) is 0 Å². The number of ether oxygens (including phenoxy) is 1. The van der Waals surface area contributed by atoms with E-state index < -0.39 is 11.2 Å². The summed E-state index contributed by atoms with van der Waals surface area (Å²) in [5.41, 5.74) is 4.72. The number of hydrogen-bond acceptors (Lipinski definition) is 6. The number of thioether (sulfide) groups is 1. The van der Waals surface area contributed by atoms with Crippen LogP contribution in [0.3, 0.4) is 0 Å². The minimum Gasteiger partial charge on any atom is -0.465 e. The number of methoxy groups -OCH3 is 1. The first-order chi connectivity index (χ1) is 24.0. The number of thiophene rings is 1. The zero-order chi connectivity index (χ0) is 33.7. The summed E-state index contributed by atoms with van der Waals surface area (Å²) < 4.78 is 5.21. The van der Waals surface area contributed by atoms with Crippen molar-refractivity contribution in [2.75, 3.05) is 17.7 Å². The van der Waals surface area contributed by atoms with E-state index in [0.717, 1.165) is 50.9 Å². The molecule has 7 rings (SSSR count). The largest absolute Gasteiger partial charge is 0.465 e. The normalized spacial score (nSPS) is 14.4. The molecule has 0 saturated heterocycles. The summed E-state index contributed by atoms with van der Waals surface area (Å²) in [6.45, 7) is 0. The predicted molar refractivity (Wildman–Crippen MR) is 199 cm³/mol. The standard InChI is InChI=1S/C41H34N2O4S2/c1-47-41(46)36-34-22-21-30(26-11-4-2-5-12-26)24-35(34)49-40(36)43-39(45)37(28-14-6-3-7-15-28)48-33-18-10-17-32(25-33)42-38(44)31-20-19-27-13-8-9-16-29(27)23-31/h2-20,23,25,30,37H,21-22,24H2,1H3,(H,42,44)(H,43,45). The van der Waals surface area contributed by atoms with E-state index in [2.05, 4.69) is 34.9 Å². The molecule has 1 aromatic heterocycles. The van der Waals surface area contributed by atoms with E-state index in [4.69, 9.17) is 4.74 Å². The van der Waals surface area contributed by atoms with Crippen molar-refractivity contribution in [3.05, 3.63) is 160 Å². The highest BCUT2D eigenvalue weighted by Crippen LogP contribution is 2.44. The van der Waals surface area contributed by atoms with Gasteiger partial charge in [0.2, 0.25) is 5.91 Å². The molecule has 2 amide bonds. The summed E-state index contributed by atoms with van der Waals surface area (Å²) in [5, 5.41) is 8.10. The Bertz CT molecular complexity index is 2150. The Labute approximate surface area is 293 Å². The van der Waals surface area contributed by atoms with Crippen LogP contribution in [0.5, 0.6) is 0 Å². The molecule has 8 heteroatoms. The topological polar surface area (TPSA) is 84.5 Å². The lowest BCUT2D eigenvalue weighted by Crippen LogP contribution is -2.20. The van der Waals surface area contributed by atoms with Crippen molar-refractivity contribution < 1.29 is 19.1 Å². The second-order valence-corrected chi connectivity index (χ2v) is 14.3. The number of fused-ring (bicyclic) bond motifs is 2. The van der Waals surface area contributed by atoms with Gasteiger partial charge in [-0.15, -0.1) is 23.1 Å². The molecule has 1 aliphatic carbocycles. The first-order valence-electron chi connectivity index (χ1n) is 16.2. The molecule has 6 nitrogen and oxygen atoms in total. The van der Waals surface area contributed by atoms with E-state index in [1.165, 1.54) is 35.8 Å². The molecular weight excluding hydrogens is 649 g/mol. The fourth-order valence-electron chi connectivity index (χ4n) is 6.40. The van der Waals surface area contributed by atoms with Gasteiger partial charge in [0.15, 0.2) is 0 Å². The van der Waals surface area contributed by atoms with Crippen molar-refractivity contribution in [2.45, 2.75) is 35.3 Å². The summed E-state index contributed by atoms with van der Waals surface area (Å²) in [5.74, 6) is -0.547. The minimum absolute atomic E-state index is 0.211. The number of benzene rings is 5. The molecular formula is C41H34N2O4S2. The number of esters is 1. The van der Waals surface area contributed by atoms with E-state index in [1.54, 1.807) is 0 Å². The Balaban J connectivity index is 1.13. The summed E-state index contributed by atoms with van der Waals surface area (Å²) in [6, 6.07) is 41.1. The fraction of sp³-hybridized carbons (Fsp3) is 0.146. The summed E-state index contributed by atoms with van der Waals surface area (Å²) in [7, 11) is 1.38. The highest BCUT2D eigenvalue weighted by molar-refractivity contribution is 8.00. The zero-order valence-electron chi connectivity index (χ0n) is 26.8. The van der Waals surface area contributed by atoms with Crippen molar-refractivity contribution in [2.24, 2.45) is 0 Å². The first kappa shape index (κ1) is 32.4. The first-order valence-corrected chi connectivity index (χ1v) is 17.9. The van der Waals surface area contributed by atoms with E-state index in [0.29, 0.717) is 27.7 Å². The molecule has 1 aliphatic rings. The number of nitrogens with one attached hydrogen (secondary N) is 2. The Kier molecular flexibility index (Phi) is 9.59. The quantitative estimate of drug-likeness (QED) is 0.117. The van der Waals surface area contributed by atoms with Gasteiger partial charge in [-0.25, -0.2) is 4.79 Å². The summed E-state index contributed by atoms with van der Waals surface area (Å²) in [4.78, 5) is 42.4. The molecule has 0 radical (unpaired) electrons. The Morgan fingerprint density at radius 2 is 1.53 bits per heavy atom. The van der Waals surface area contributed by atoms with Gasteiger partial charge in [-0.1, -0.05) is 97.1 Å². The molecule has 2 N–H and O–H groups in total. The van der Waals surface area contributed by atoms with Crippen LogP contribution in [0.1, 0.15) is 59.9 Å². The van der Waals surface area contributed by atoms with Crippen LogP contribution >= 0.6 is 23.1 Å². The maximum Gasteiger partial charge on any atom is 0.341 e. The predicted octanol–water partition coefficient (Wildman–Crippen LogP) is 9.68. The smallest absolute Gasteiger partial charge is 0.341 e. The lowest BCUT2D eigenvalue weighted by Gasteiger charge is -2.22. The fourth-order valence-corrected chi connectivity index (χ4v) is 8.80. The van der Waals surface area contributed by atoms with Crippen LogP contribution in [0.15, 0.2) is 132 Å². The number of hydrogen-bond donors (Lipinski definition) is 2. The van der Waals surface area contributed by atoms with Gasteiger partial charge in [-0.3, -0.25) is 9.59 Å². The molecule has 5 aromatic carbocycles. The van der Waals surface area contributed by atoms with Gasteiger partial charge < -0.3 is 15.4 Å². The molecule has 0 aliphatic heterocycles. The van der Waals surface area contributed by atoms with Gasteiger partial charge >= 0.3 is 5.97 Å². The number of carbonyl (C=O) groups excluding carboxylic acids is 3. The van der Waals surface area contributed by atoms with Crippen LogP contribution in [0, 0.1) is 0 Å². The maximum atomic E-state index is 14.2. The van der Waals surface area contributed by atoms with E-state index in [9.17, 15) is 14.4 Å². The third-order valence-corrected chi connectivity index (χ3v) is 11.3.